The molecular formula is C14H17ClN4O6. The lowest BCUT2D eigenvalue weighted by Gasteiger charge is -2.25. The van der Waals surface area contributed by atoms with E-state index in [0.717, 1.165) is 24.3 Å². The summed E-state index contributed by atoms with van der Waals surface area (Å²) in [6, 6.07) is 2.61. The number of aromatic nitrogens is 1. The van der Waals surface area contributed by atoms with E-state index >= 15 is 0 Å². The third kappa shape index (κ3) is 5.02. The number of furan rings is 1. The van der Waals surface area contributed by atoms with Crippen LogP contribution >= 0.6 is 12.4 Å². The average molecular weight is 373 g/mol. The monoisotopic (exact) mass is 372 g/mol. The molecule has 136 valence electrons. The predicted molar refractivity (Wildman–Crippen MR) is 89.5 cm³/mol. The van der Waals surface area contributed by atoms with E-state index < -0.39 is 10.7 Å². The van der Waals surface area contributed by atoms with E-state index in [1.54, 1.807) is 0 Å². The summed E-state index contributed by atoms with van der Waals surface area (Å²) in [6.45, 7) is 3.92. The quantitative estimate of drug-likeness (QED) is 0.423. The van der Waals surface area contributed by atoms with Gasteiger partial charge in [0, 0.05) is 26.1 Å². The zero-order valence-corrected chi connectivity index (χ0v) is 14.0. The van der Waals surface area contributed by atoms with Crippen molar-refractivity contribution in [1.82, 2.24) is 9.58 Å². The number of oxazole rings is 1. The van der Waals surface area contributed by atoms with Gasteiger partial charge in [-0.05, 0) is 6.07 Å². The van der Waals surface area contributed by atoms with Crippen molar-refractivity contribution in [3.8, 4) is 0 Å². The van der Waals surface area contributed by atoms with Crippen LogP contribution in [-0.2, 0) is 11.2 Å². The Morgan fingerprint density at radius 3 is 2.72 bits per heavy atom. The molecule has 3 heterocycles. The maximum Gasteiger partial charge on any atom is 0.439 e. The van der Waals surface area contributed by atoms with Crippen LogP contribution in [-0.4, -0.2) is 53.6 Å². The van der Waals surface area contributed by atoms with Gasteiger partial charge in [0.1, 0.15) is 10.7 Å². The molecule has 11 heteroatoms. The number of morpholine rings is 1. The highest BCUT2D eigenvalue weighted by Crippen LogP contribution is 2.13. The standard InChI is InChI=1S/C14H16N4O6.ClH/c19-14-17(15-9-11-1-2-13(23-11)18(20)21)10-12(24-14)3-4-16-5-7-22-8-6-16;/h1-2,9-10H,3-8H2;1H/b15-9+;. The molecule has 0 N–H and O–H groups in total. The van der Waals surface area contributed by atoms with Crippen LogP contribution in [0.15, 0.2) is 37.1 Å². The van der Waals surface area contributed by atoms with E-state index in [4.69, 9.17) is 13.6 Å². The van der Waals surface area contributed by atoms with Gasteiger partial charge in [-0.1, -0.05) is 0 Å². The minimum absolute atomic E-state index is 0. The third-order valence-electron chi connectivity index (χ3n) is 3.55. The van der Waals surface area contributed by atoms with Crippen LogP contribution in [0.3, 0.4) is 0 Å². The van der Waals surface area contributed by atoms with Crippen molar-refractivity contribution >= 4 is 24.5 Å². The van der Waals surface area contributed by atoms with Crippen LogP contribution in [0, 0.1) is 10.1 Å². The first kappa shape index (κ1) is 18.9. The highest BCUT2D eigenvalue weighted by molar-refractivity contribution is 5.85. The highest BCUT2D eigenvalue weighted by Gasteiger charge is 2.13. The molecule has 25 heavy (non-hydrogen) atoms. The first-order valence-electron chi connectivity index (χ1n) is 7.42. The predicted octanol–water partition coefficient (Wildman–Crippen LogP) is 1.12. The fourth-order valence-corrected chi connectivity index (χ4v) is 2.29. The largest absolute Gasteiger partial charge is 0.439 e. The second-order valence-corrected chi connectivity index (χ2v) is 5.19. The van der Waals surface area contributed by atoms with Crippen molar-refractivity contribution in [2.24, 2.45) is 5.10 Å². The van der Waals surface area contributed by atoms with Gasteiger partial charge >= 0.3 is 11.6 Å². The maximum absolute atomic E-state index is 11.7. The van der Waals surface area contributed by atoms with Crippen LogP contribution < -0.4 is 5.76 Å². The van der Waals surface area contributed by atoms with E-state index in [9.17, 15) is 14.9 Å². The molecule has 1 fully saturated rings. The lowest BCUT2D eigenvalue weighted by Crippen LogP contribution is -2.37. The Bertz CT molecular complexity index is 789. The molecule has 10 nitrogen and oxygen atoms in total. The summed E-state index contributed by atoms with van der Waals surface area (Å²) < 4.78 is 16.4. The summed E-state index contributed by atoms with van der Waals surface area (Å²) in [4.78, 5) is 23.9. The minimum Gasteiger partial charge on any atom is -0.412 e. The molecule has 0 spiro atoms. The van der Waals surface area contributed by atoms with Crippen molar-refractivity contribution in [2.45, 2.75) is 6.42 Å². The Hall–Kier alpha value is -2.43. The van der Waals surface area contributed by atoms with Gasteiger partial charge in [-0.3, -0.25) is 15.0 Å². The van der Waals surface area contributed by atoms with Crippen molar-refractivity contribution in [2.75, 3.05) is 32.8 Å². The Labute approximate surface area is 148 Å². The number of ether oxygens (including phenoxy) is 1. The molecule has 0 amide bonds. The summed E-state index contributed by atoms with van der Waals surface area (Å²) in [5.74, 6) is -0.315. The summed E-state index contributed by atoms with van der Waals surface area (Å²) >= 11 is 0. The lowest BCUT2D eigenvalue weighted by molar-refractivity contribution is -0.402. The van der Waals surface area contributed by atoms with E-state index in [-0.39, 0.29) is 24.1 Å². The molecular weight excluding hydrogens is 356 g/mol. The van der Waals surface area contributed by atoms with Gasteiger partial charge in [-0.15, -0.1) is 12.4 Å². The molecule has 0 bridgehead atoms. The smallest absolute Gasteiger partial charge is 0.412 e. The normalized spacial score (nSPS) is 15.4. The molecule has 1 aliphatic rings. The zero-order valence-electron chi connectivity index (χ0n) is 13.2. The van der Waals surface area contributed by atoms with Crippen molar-refractivity contribution in [3.63, 3.8) is 0 Å². The maximum atomic E-state index is 11.7. The van der Waals surface area contributed by atoms with Gasteiger partial charge in [0.2, 0.25) is 0 Å². The number of nitro groups is 1. The van der Waals surface area contributed by atoms with Crippen molar-refractivity contribution in [1.29, 1.82) is 0 Å². The fraction of sp³-hybridized carbons (Fsp3) is 0.429. The van der Waals surface area contributed by atoms with Gasteiger partial charge in [-0.25, -0.2) is 4.79 Å². The van der Waals surface area contributed by atoms with Crippen molar-refractivity contribution in [3.05, 3.63) is 50.5 Å². The molecule has 0 radical (unpaired) electrons. The number of rotatable bonds is 6. The molecule has 1 aliphatic heterocycles. The van der Waals surface area contributed by atoms with Crippen LogP contribution in [0.25, 0.3) is 0 Å². The number of halogens is 1. The molecule has 0 unspecified atom stereocenters. The second-order valence-electron chi connectivity index (χ2n) is 5.19. The molecule has 0 atom stereocenters. The van der Waals surface area contributed by atoms with Crippen molar-refractivity contribution < 1.29 is 18.5 Å². The molecule has 2 aromatic heterocycles. The van der Waals surface area contributed by atoms with Gasteiger partial charge in [0.25, 0.3) is 0 Å². The first-order valence-corrected chi connectivity index (χ1v) is 7.42. The van der Waals surface area contributed by atoms with Gasteiger partial charge in [0.05, 0.1) is 31.7 Å². The number of hydrogen-bond acceptors (Lipinski definition) is 8. The Balaban J connectivity index is 0.00000225. The number of nitrogens with zero attached hydrogens (tertiary/aromatic N) is 4. The number of hydrogen-bond donors (Lipinski definition) is 0. The van der Waals surface area contributed by atoms with Crippen LogP contribution in [0.1, 0.15) is 11.5 Å². The van der Waals surface area contributed by atoms with Crippen LogP contribution in [0.4, 0.5) is 5.88 Å². The van der Waals surface area contributed by atoms with E-state index in [2.05, 4.69) is 10.0 Å². The zero-order chi connectivity index (χ0) is 16.9. The SMILES string of the molecule is Cl.O=c1oc(CCN2CCOCC2)cn1/N=C/c1ccc([N+](=O)[O-])o1. The van der Waals surface area contributed by atoms with Crippen LogP contribution in [0.2, 0.25) is 0 Å². The summed E-state index contributed by atoms with van der Waals surface area (Å²) in [5, 5.41) is 14.4. The lowest BCUT2D eigenvalue weighted by atomic mass is 10.3. The Morgan fingerprint density at radius 1 is 1.28 bits per heavy atom. The topological polar surface area (TPSA) is 116 Å². The first-order chi connectivity index (χ1) is 11.6. The second kappa shape index (κ2) is 8.60. The molecule has 0 saturated carbocycles. The molecule has 1 saturated heterocycles. The molecule has 0 aromatic carbocycles. The minimum atomic E-state index is -0.648. The Kier molecular flexibility index (Phi) is 6.51. The van der Waals surface area contributed by atoms with Crippen LogP contribution in [0.5, 0.6) is 0 Å². The summed E-state index contributed by atoms with van der Waals surface area (Å²) in [6.07, 6.45) is 3.30. The molecule has 3 rings (SSSR count). The van der Waals surface area contributed by atoms with Gasteiger partial charge in [0.15, 0.2) is 5.76 Å². The third-order valence-corrected chi connectivity index (χ3v) is 3.55. The van der Waals surface area contributed by atoms with Gasteiger partial charge in [-0.2, -0.15) is 9.78 Å². The van der Waals surface area contributed by atoms with E-state index in [1.165, 1.54) is 24.5 Å². The van der Waals surface area contributed by atoms with E-state index in [1.807, 2.05) is 0 Å². The average Bonchev–Trinajstić information content (AvgIpc) is 3.19. The highest BCUT2D eigenvalue weighted by atomic mass is 35.5. The fourth-order valence-electron chi connectivity index (χ4n) is 2.29. The summed E-state index contributed by atoms with van der Waals surface area (Å²) in [7, 11) is 0. The van der Waals surface area contributed by atoms with E-state index in [0.29, 0.717) is 25.4 Å². The summed E-state index contributed by atoms with van der Waals surface area (Å²) in [5.41, 5.74) is 0. The molecule has 0 aliphatic carbocycles. The Morgan fingerprint density at radius 2 is 2.04 bits per heavy atom. The molecule has 2 aromatic rings. The van der Waals surface area contributed by atoms with Gasteiger partial charge < -0.3 is 13.6 Å².